The van der Waals surface area contributed by atoms with Crippen LogP contribution in [0.4, 0.5) is 13.2 Å². The Balaban J connectivity index is 2.38. The van der Waals surface area contributed by atoms with Gasteiger partial charge in [-0.3, -0.25) is 4.79 Å². The first-order valence-corrected chi connectivity index (χ1v) is 4.62. The molecule has 0 aromatic heterocycles. The number of carbonyl (C=O) groups is 1. The van der Waals surface area contributed by atoms with Crippen molar-refractivity contribution >= 4 is 5.91 Å². The summed E-state index contributed by atoms with van der Waals surface area (Å²) in [5.74, 6) is -2.01. The largest absolute Gasteiger partial charge is 0.471 e. The summed E-state index contributed by atoms with van der Waals surface area (Å²) in [5.41, 5.74) is -1.26. The first kappa shape index (κ1) is 12.3. The van der Waals surface area contributed by atoms with Gasteiger partial charge >= 0.3 is 12.1 Å². The van der Waals surface area contributed by atoms with Crippen molar-refractivity contribution in [2.24, 2.45) is 0 Å². The van der Waals surface area contributed by atoms with E-state index in [0.29, 0.717) is 12.8 Å². The number of carbonyl (C=O) groups excluding carboxylic acids is 1. The summed E-state index contributed by atoms with van der Waals surface area (Å²) in [5, 5.41) is 14.3. The monoisotopic (exact) mass is 226 g/mol. The number of rotatable bonds is 2. The van der Waals surface area contributed by atoms with Gasteiger partial charge in [0.2, 0.25) is 0 Å². The van der Waals surface area contributed by atoms with E-state index in [1.54, 1.807) is 5.32 Å². The molecule has 15 heavy (non-hydrogen) atoms. The average molecular weight is 226 g/mol. The Labute approximate surface area is 84.8 Å². The first-order chi connectivity index (χ1) is 6.83. The number of β-amino-alcohol motifs (C(OH)–C–C–N with tert-alkyl or cyclic N) is 1. The number of aliphatic hydroxyl groups is 1. The Morgan fingerprint density at radius 1 is 1.53 bits per heavy atom. The maximum Gasteiger partial charge on any atom is 0.471 e. The molecular weight excluding hydrogens is 213 g/mol. The van der Waals surface area contributed by atoms with Crippen LogP contribution in [0, 0.1) is 0 Å². The fourth-order valence-electron chi connectivity index (χ4n) is 1.45. The highest BCUT2D eigenvalue weighted by Crippen LogP contribution is 2.17. The van der Waals surface area contributed by atoms with Gasteiger partial charge in [-0.05, 0) is 19.4 Å². The molecule has 0 radical (unpaired) electrons. The van der Waals surface area contributed by atoms with Crippen molar-refractivity contribution in [2.75, 3.05) is 19.6 Å². The lowest BCUT2D eigenvalue weighted by molar-refractivity contribution is -0.174. The normalized spacial score (nSPS) is 27.5. The molecule has 0 bridgehead atoms. The zero-order valence-corrected chi connectivity index (χ0v) is 8.02. The summed E-state index contributed by atoms with van der Waals surface area (Å²) in [4.78, 5) is 10.5. The Morgan fingerprint density at radius 3 is 2.67 bits per heavy atom. The molecule has 1 rings (SSSR count). The van der Waals surface area contributed by atoms with Crippen LogP contribution in [0.3, 0.4) is 0 Å². The van der Waals surface area contributed by atoms with Crippen molar-refractivity contribution in [2.45, 2.75) is 24.6 Å². The zero-order chi connectivity index (χ0) is 11.5. The summed E-state index contributed by atoms with van der Waals surface area (Å²) >= 11 is 0. The molecule has 1 aliphatic heterocycles. The van der Waals surface area contributed by atoms with Crippen LogP contribution in [0.15, 0.2) is 0 Å². The average Bonchev–Trinajstić information content (AvgIpc) is 2.14. The molecule has 0 saturated carbocycles. The third kappa shape index (κ3) is 3.67. The van der Waals surface area contributed by atoms with Crippen molar-refractivity contribution in [3.05, 3.63) is 0 Å². The van der Waals surface area contributed by atoms with E-state index in [1.807, 2.05) is 0 Å². The standard InChI is InChI=1S/C8H13F3N2O2/c9-8(10,11)6(14)13-5-7(15)2-1-3-12-4-7/h12,15H,1-5H2,(H,13,14). The van der Waals surface area contributed by atoms with Gasteiger partial charge in [0.1, 0.15) is 0 Å². The van der Waals surface area contributed by atoms with Crippen molar-refractivity contribution in [3.63, 3.8) is 0 Å². The quantitative estimate of drug-likeness (QED) is 0.610. The van der Waals surface area contributed by atoms with Crippen molar-refractivity contribution in [1.29, 1.82) is 0 Å². The van der Waals surface area contributed by atoms with Gasteiger partial charge in [0.15, 0.2) is 0 Å². The maximum atomic E-state index is 11.8. The van der Waals surface area contributed by atoms with Crippen LogP contribution in [0.25, 0.3) is 0 Å². The molecule has 0 aromatic rings. The minimum atomic E-state index is -4.89. The Hall–Kier alpha value is -0.820. The molecule has 1 fully saturated rings. The third-order valence-corrected chi connectivity index (χ3v) is 2.29. The summed E-state index contributed by atoms with van der Waals surface area (Å²) < 4.78 is 35.5. The summed E-state index contributed by atoms with van der Waals surface area (Å²) in [7, 11) is 0. The van der Waals surface area contributed by atoms with Crippen LogP contribution >= 0.6 is 0 Å². The molecule has 1 unspecified atom stereocenters. The minimum Gasteiger partial charge on any atom is -0.387 e. The van der Waals surface area contributed by atoms with Crippen LogP contribution in [0.1, 0.15) is 12.8 Å². The zero-order valence-electron chi connectivity index (χ0n) is 8.02. The second kappa shape index (κ2) is 4.36. The van der Waals surface area contributed by atoms with E-state index in [-0.39, 0.29) is 13.1 Å². The topological polar surface area (TPSA) is 61.4 Å². The van der Waals surface area contributed by atoms with Gasteiger partial charge in [0.05, 0.1) is 5.60 Å². The van der Waals surface area contributed by atoms with Crippen LogP contribution in [-0.4, -0.2) is 42.4 Å². The Kier molecular flexibility index (Phi) is 3.56. The van der Waals surface area contributed by atoms with E-state index in [9.17, 15) is 23.1 Å². The second-order valence-corrected chi connectivity index (χ2v) is 3.69. The molecule has 88 valence electrons. The predicted molar refractivity (Wildman–Crippen MR) is 46.1 cm³/mol. The van der Waals surface area contributed by atoms with Gasteiger partial charge in [-0.1, -0.05) is 0 Å². The number of hydrogen-bond acceptors (Lipinski definition) is 3. The SMILES string of the molecule is O=C(NCC1(O)CCCNC1)C(F)(F)F. The molecule has 1 saturated heterocycles. The smallest absolute Gasteiger partial charge is 0.387 e. The van der Waals surface area contributed by atoms with E-state index >= 15 is 0 Å². The van der Waals surface area contributed by atoms with Crippen LogP contribution in [0.2, 0.25) is 0 Å². The molecule has 0 aliphatic carbocycles. The Morgan fingerprint density at radius 2 is 2.20 bits per heavy atom. The summed E-state index contributed by atoms with van der Waals surface area (Å²) in [6.07, 6.45) is -3.82. The van der Waals surface area contributed by atoms with Crippen molar-refractivity contribution in [1.82, 2.24) is 10.6 Å². The lowest BCUT2D eigenvalue weighted by atomic mass is 9.94. The number of nitrogens with one attached hydrogen (secondary N) is 2. The van der Waals surface area contributed by atoms with Crippen molar-refractivity contribution < 1.29 is 23.1 Å². The van der Waals surface area contributed by atoms with Gasteiger partial charge in [0.25, 0.3) is 0 Å². The summed E-state index contributed by atoms with van der Waals surface area (Å²) in [6, 6.07) is 0. The molecule has 4 nitrogen and oxygen atoms in total. The van der Waals surface area contributed by atoms with E-state index < -0.39 is 17.7 Å². The van der Waals surface area contributed by atoms with Crippen LogP contribution in [0.5, 0.6) is 0 Å². The van der Waals surface area contributed by atoms with Gasteiger partial charge < -0.3 is 15.7 Å². The van der Waals surface area contributed by atoms with Crippen LogP contribution < -0.4 is 10.6 Å². The molecule has 1 amide bonds. The first-order valence-electron chi connectivity index (χ1n) is 4.62. The molecule has 1 atom stereocenters. The minimum absolute atomic E-state index is 0.200. The molecule has 7 heteroatoms. The van der Waals surface area contributed by atoms with E-state index in [1.165, 1.54) is 0 Å². The van der Waals surface area contributed by atoms with Gasteiger partial charge in [-0.15, -0.1) is 0 Å². The fraction of sp³-hybridized carbons (Fsp3) is 0.875. The summed E-state index contributed by atoms with van der Waals surface area (Å²) in [6.45, 7) is 0.555. The van der Waals surface area contributed by atoms with Gasteiger partial charge in [-0.2, -0.15) is 13.2 Å². The molecule has 1 heterocycles. The van der Waals surface area contributed by atoms with E-state index in [4.69, 9.17) is 0 Å². The molecule has 3 N–H and O–H groups in total. The molecule has 1 aliphatic rings. The maximum absolute atomic E-state index is 11.8. The van der Waals surface area contributed by atoms with Crippen molar-refractivity contribution in [3.8, 4) is 0 Å². The van der Waals surface area contributed by atoms with Gasteiger partial charge in [0, 0.05) is 13.1 Å². The van der Waals surface area contributed by atoms with Gasteiger partial charge in [-0.25, -0.2) is 0 Å². The molecule has 0 aromatic carbocycles. The second-order valence-electron chi connectivity index (χ2n) is 3.69. The highest BCUT2D eigenvalue weighted by Gasteiger charge is 2.40. The highest BCUT2D eigenvalue weighted by molar-refractivity contribution is 5.81. The lowest BCUT2D eigenvalue weighted by Crippen LogP contribution is -2.54. The third-order valence-electron chi connectivity index (χ3n) is 2.29. The molecular formula is C8H13F3N2O2. The van der Waals surface area contributed by atoms with E-state index in [2.05, 4.69) is 5.32 Å². The lowest BCUT2D eigenvalue weighted by Gasteiger charge is -2.32. The number of amides is 1. The number of hydrogen-bond donors (Lipinski definition) is 3. The number of piperidine rings is 1. The number of alkyl halides is 3. The fourth-order valence-corrected chi connectivity index (χ4v) is 1.45. The van der Waals surface area contributed by atoms with Crippen LogP contribution in [-0.2, 0) is 4.79 Å². The number of halogens is 3. The highest BCUT2D eigenvalue weighted by atomic mass is 19.4. The predicted octanol–water partition coefficient (Wildman–Crippen LogP) is -0.221. The Bertz CT molecular complexity index is 237. The van der Waals surface area contributed by atoms with E-state index in [0.717, 1.165) is 6.54 Å². The molecule has 0 spiro atoms.